The number of benzene rings is 2. The van der Waals surface area contributed by atoms with E-state index in [-0.39, 0.29) is 5.84 Å². The van der Waals surface area contributed by atoms with Crippen LogP contribution in [0.2, 0.25) is 0 Å². The summed E-state index contributed by atoms with van der Waals surface area (Å²) in [6.07, 6.45) is 0. The van der Waals surface area contributed by atoms with E-state index in [1.165, 1.54) is 10.5 Å². The molecule has 0 radical (unpaired) electrons. The molecule has 0 heterocycles. The van der Waals surface area contributed by atoms with Gasteiger partial charge in [0.05, 0.1) is 0 Å². The van der Waals surface area contributed by atoms with Gasteiger partial charge in [-0.15, -0.1) is 0 Å². The largest absolute Gasteiger partial charge is 0.384 e. The van der Waals surface area contributed by atoms with Crippen LogP contribution in [0.15, 0.2) is 56.7 Å². The Balaban J connectivity index is 2.22. The van der Waals surface area contributed by atoms with E-state index in [1.54, 1.807) is 11.8 Å². The van der Waals surface area contributed by atoms with E-state index in [1.807, 2.05) is 18.2 Å². The topological polar surface area (TPSA) is 49.9 Å². The predicted molar refractivity (Wildman–Crippen MR) is 80.5 cm³/mol. The maximum absolute atomic E-state index is 7.43. The Bertz CT molecular complexity index is 579. The predicted octanol–water partition coefficient (Wildman–Crippen LogP) is 4.19. The number of hydrogen-bond donors (Lipinski definition) is 2. The molecular weight excluding hydrogens is 308 g/mol. The van der Waals surface area contributed by atoms with Crippen LogP contribution in [-0.2, 0) is 0 Å². The second-order valence-corrected chi connectivity index (χ2v) is 5.97. The summed E-state index contributed by atoms with van der Waals surface area (Å²) in [5.74, 6) is 0.0776. The van der Waals surface area contributed by atoms with Crippen molar-refractivity contribution in [2.45, 2.75) is 16.7 Å². The first-order valence-corrected chi connectivity index (χ1v) is 7.05. The minimum Gasteiger partial charge on any atom is -0.384 e. The first-order chi connectivity index (χ1) is 8.56. The summed E-state index contributed by atoms with van der Waals surface area (Å²) >= 11 is 5.13. The monoisotopic (exact) mass is 320 g/mol. The van der Waals surface area contributed by atoms with Crippen LogP contribution in [0, 0.1) is 12.3 Å². The van der Waals surface area contributed by atoms with Crippen molar-refractivity contribution in [3.05, 3.63) is 58.1 Å². The number of hydrogen-bond acceptors (Lipinski definition) is 2. The van der Waals surface area contributed by atoms with Gasteiger partial charge in [0.1, 0.15) is 5.84 Å². The average Bonchev–Trinajstić information content (AvgIpc) is 2.32. The zero-order chi connectivity index (χ0) is 13.1. The van der Waals surface area contributed by atoms with Crippen molar-refractivity contribution >= 4 is 33.5 Å². The summed E-state index contributed by atoms with van der Waals surface area (Å²) < 4.78 is 0.854. The molecule has 18 heavy (non-hydrogen) atoms. The highest BCUT2D eigenvalue weighted by molar-refractivity contribution is 9.10. The molecule has 92 valence electrons. The quantitative estimate of drug-likeness (QED) is 0.658. The number of nitrogens with two attached hydrogens (primary N) is 1. The number of aryl methyl sites for hydroxylation is 1. The van der Waals surface area contributed by atoms with Gasteiger partial charge in [0.25, 0.3) is 0 Å². The Labute approximate surface area is 119 Å². The van der Waals surface area contributed by atoms with Gasteiger partial charge in [-0.05, 0) is 53.2 Å². The van der Waals surface area contributed by atoms with Crippen molar-refractivity contribution in [3.8, 4) is 0 Å². The SMILES string of the molecule is Cc1ccc(Sc2ccc(C(=N)N)c(Br)c2)cc1. The molecule has 0 saturated heterocycles. The molecule has 3 N–H and O–H groups in total. The molecule has 4 heteroatoms. The lowest BCUT2D eigenvalue weighted by molar-refractivity contribution is 1.34. The summed E-state index contributed by atoms with van der Waals surface area (Å²) in [5.41, 5.74) is 7.46. The Morgan fingerprint density at radius 1 is 1.11 bits per heavy atom. The van der Waals surface area contributed by atoms with Gasteiger partial charge in [-0.2, -0.15) is 0 Å². The van der Waals surface area contributed by atoms with E-state index in [0.29, 0.717) is 0 Å². The fraction of sp³-hybridized carbons (Fsp3) is 0.0714. The zero-order valence-electron chi connectivity index (χ0n) is 9.91. The van der Waals surface area contributed by atoms with Crippen LogP contribution in [-0.4, -0.2) is 5.84 Å². The summed E-state index contributed by atoms with van der Waals surface area (Å²) in [4.78, 5) is 2.32. The van der Waals surface area contributed by atoms with Crippen LogP contribution in [0.3, 0.4) is 0 Å². The molecule has 0 aliphatic carbocycles. The van der Waals surface area contributed by atoms with Crippen LogP contribution >= 0.6 is 27.7 Å². The van der Waals surface area contributed by atoms with Crippen LogP contribution < -0.4 is 5.73 Å². The lowest BCUT2D eigenvalue weighted by atomic mass is 10.2. The van der Waals surface area contributed by atoms with Gasteiger partial charge in [-0.25, -0.2) is 0 Å². The van der Waals surface area contributed by atoms with E-state index >= 15 is 0 Å². The molecule has 0 aliphatic heterocycles. The summed E-state index contributed by atoms with van der Waals surface area (Å²) in [6.45, 7) is 2.08. The fourth-order valence-electron chi connectivity index (χ4n) is 1.52. The summed E-state index contributed by atoms with van der Waals surface area (Å²) in [6, 6.07) is 14.2. The van der Waals surface area contributed by atoms with Gasteiger partial charge in [-0.1, -0.05) is 29.5 Å². The second-order valence-electron chi connectivity index (χ2n) is 3.97. The van der Waals surface area contributed by atoms with E-state index in [4.69, 9.17) is 11.1 Å². The third kappa shape index (κ3) is 3.15. The number of rotatable bonds is 3. The first-order valence-electron chi connectivity index (χ1n) is 5.45. The van der Waals surface area contributed by atoms with Crippen LogP contribution in [0.25, 0.3) is 0 Å². The molecule has 0 aliphatic rings. The second kappa shape index (κ2) is 5.59. The molecule has 0 saturated carbocycles. The molecule has 0 unspecified atom stereocenters. The molecule has 2 rings (SSSR count). The highest BCUT2D eigenvalue weighted by Gasteiger charge is 2.05. The molecular formula is C14H13BrN2S. The molecule has 2 aromatic carbocycles. The molecule has 2 aromatic rings. The standard InChI is InChI=1S/C14H13BrN2S/c1-9-2-4-10(5-3-9)18-11-6-7-12(14(16)17)13(15)8-11/h2-8H,1H3,(H3,16,17). The molecule has 0 fully saturated rings. The number of nitrogen functional groups attached to an aromatic ring is 1. The lowest BCUT2D eigenvalue weighted by Crippen LogP contribution is -2.11. The van der Waals surface area contributed by atoms with Gasteiger partial charge < -0.3 is 5.73 Å². The highest BCUT2D eigenvalue weighted by atomic mass is 79.9. The van der Waals surface area contributed by atoms with Crippen molar-refractivity contribution in [2.75, 3.05) is 0 Å². The van der Waals surface area contributed by atoms with Gasteiger partial charge in [-0.3, -0.25) is 5.41 Å². The number of halogens is 1. The lowest BCUT2D eigenvalue weighted by Gasteiger charge is -2.06. The smallest absolute Gasteiger partial charge is 0.123 e. The van der Waals surface area contributed by atoms with Gasteiger partial charge in [0.15, 0.2) is 0 Å². The van der Waals surface area contributed by atoms with Crippen molar-refractivity contribution in [2.24, 2.45) is 5.73 Å². The fourth-order valence-corrected chi connectivity index (χ4v) is 3.12. The molecule has 0 amide bonds. The number of nitrogens with one attached hydrogen (secondary N) is 1. The summed E-state index contributed by atoms with van der Waals surface area (Å²) in [7, 11) is 0. The normalized spacial score (nSPS) is 10.3. The third-order valence-electron chi connectivity index (χ3n) is 2.49. The van der Waals surface area contributed by atoms with Crippen LogP contribution in [0.1, 0.15) is 11.1 Å². The van der Waals surface area contributed by atoms with E-state index in [0.717, 1.165) is 14.9 Å². The minimum absolute atomic E-state index is 0.0776. The maximum atomic E-state index is 7.43. The van der Waals surface area contributed by atoms with E-state index < -0.39 is 0 Å². The van der Waals surface area contributed by atoms with E-state index in [2.05, 4.69) is 47.1 Å². The van der Waals surface area contributed by atoms with E-state index in [9.17, 15) is 0 Å². The van der Waals surface area contributed by atoms with Crippen LogP contribution in [0.5, 0.6) is 0 Å². The van der Waals surface area contributed by atoms with Gasteiger partial charge >= 0.3 is 0 Å². The van der Waals surface area contributed by atoms with Crippen molar-refractivity contribution < 1.29 is 0 Å². The molecule has 0 spiro atoms. The molecule has 0 atom stereocenters. The Kier molecular flexibility index (Phi) is 4.09. The summed E-state index contributed by atoms with van der Waals surface area (Å²) in [5, 5.41) is 7.43. The molecule has 0 aromatic heterocycles. The molecule has 2 nitrogen and oxygen atoms in total. The Morgan fingerprint density at radius 2 is 1.72 bits per heavy atom. The van der Waals surface area contributed by atoms with Crippen LogP contribution in [0.4, 0.5) is 0 Å². The zero-order valence-corrected chi connectivity index (χ0v) is 12.3. The maximum Gasteiger partial charge on any atom is 0.123 e. The highest BCUT2D eigenvalue weighted by Crippen LogP contribution is 2.31. The Hall–Kier alpha value is -1.26. The average molecular weight is 321 g/mol. The Morgan fingerprint density at radius 3 is 2.28 bits per heavy atom. The minimum atomic E-state index is 0.0776. The molecule has 0 bridgehead atoms. The first kappa shape index (κ1) is 13.2. The van der Waals surface area contributed by atoms with Crippen molar-refractivity contribution in [3.63, 3.8) is 0 Å². The van der Waals surface area contributed by atoms with Crippen molar-refractivity contribution in [1.82, 2.24) is 0 Å². The third-order valence-corrected chi connectivity index (χ3v) is 4.14. The van der Waals surface area contributed by atoms with Gasteiger partial charge in [0, 0.05) is 19.8 Å². The van der Waals surface area contributed by atoms with Gasteiger partial charge in [0.2, 0.25) is 0 Å². The number of amidine groups is 1. The van der Waals surface area contributed by atoms with Crippen molar-refractivity contribution in [1.29, 1.82) is 5.41 Å².